The molecule has 0 saturated carbocycles. The van der Waals surface area contributed by atoms with Crippen molar-refractivity contribution in [3.05, 3.63) is 64.6 Å². The molecule has 0 fully saturated rings. The van der Waals surface area contributed by atoms with E-state index in [2.05, 4.69) is 39.8 Å². The molecular weight excluding hydrogens is 364 g/mol. The second kappa shape index (κ2) is 6.76. The van der Waals surface area contributed by atoms with Gasteiger partial charge in [-0.15, -0.1) is 0 Å². The molecule has 0 spiro atoms. The van der Waals surface area contributed by atoms with Crippen LogP contribution < -0.4 is 10.5 Å². The van der Waals surface area contributed by atoms with E-state index in [0.717, 1.165) is 31.9 Å². The quantitative estimate of drug-likeness (QED) is 0.686. The first-order chi connectivity index (χ1) is 14.0. The molecule has 7 heteroatoms. The molecule has 2 aliphatic rings. The van der Waals surface area contributed by atoms with Crippen molar-refractivity contribution < 1.29 is 0 Å². The predicted molar refractivity (Wildman–Crippen MR) is 111 cm³/mol. The minimum atomic E-state index is -0.0299. The van der Waals surface area contributed by atoms with E-state index in [1.807, 2.05) is 16.8 Å². The number of hydrogen-bond donors (Lipinski definition) is 0. The third-order valence-corrected chi connectivity index (χ3v) is 5.77. The van der Waals surface area contributed by atoms with E-state index >= 15 is 0 Å². The van der Waals surface area contributed by atoms with Crippen molar-refractivity contribution in [1.82, 2.24) is 24.5 Å². The maximum Gasteiger partial charge on any atom is 0.255 e. The zero-order valence-electron chi connectivity index (χ0n) is 16.7. The van der Waals surface area contributed by atoms with Gasteiger partial charge < -0.3 is 4.90 Å². The first kappa shape index (κ1) is 18.0. The van der Waals surface area contributed by atoms with Crippen molar-refractivity contribution in [1.29, 1.82) is 0 Å². The van der Waals surface area contributed by atoms with Gasteiger partial charge in [-0.3, -0.25) is 14.3 Å². The summed E-state index contributed by atoms with van der Waals surface area (Å²) in [4.78, 5) is 32.9. The van der Waals surface area contributed by atoms with Gasteiger partial charge in [-0.1, -0.05) is 19.9 Å². The van der Waals surface area contributed by atoms with Crippen LogP contribution in [0.15, 0.2) is 47.8 Å². The van der Waals surface area contributed by atoms with Crippen LogP contribution >= 0.6 is 0 Å². The molecule has 0 aromatic carbocycles. The molecule has 0 N–H and O–H groups in total. The average molecular weight is 388 g/mol. The van der Waals surface area contributed by atoms with E-state index in [-0.39, 0.29) is 11.0 Å². The van der Waals surface area contributed by atoms with Gasteiger partial charge in [0.05, 0.1) is 11.4 Å². The molecule has 148 valence electrons. The largest absolute Gasteiger partial charge is 0.341 e. The monoisotopic (exact) mass is 388 g/mol. The summed E-state index contributed by atoms with van der Waals surface area (Å²) >= 11 is 0. The van der Waals surface area contributed by atoms with Crippen molar-refractivity contribution >= 4 is 5.95 Å². The lowest BCUT2D eigenvalue weighted by Crippen LogP contribution is -2.49. The number of nitrogens with zero attached hydrogens (tertiary/aromatic N) is 6. The van der Waals surface area contributed by atoms with Gasteiger partial charge in [0.1, 0.15) is 6.33 Å². The highest BCUT2D eigenvalue weighted by Crippen LogP contribution is 2.33. The number of pyridine rings is 1. The smallest absolute Gasteiger partial charge is 0.255 e. The Hall–Kier alpha value is -3.09. The van der Waals surface area contributed by atoms with Gasteiger partial charge in [-0.05, 0) is 36.5 Å². The fourth-order valence-electron chi connectivity index (χ4n) is 4.61. The van der Waals surface area contributed by atoms with Gasteiger partial charge in [0.25, 0.3) is 5.56 Å². The molecule has 3 aromatic rings. The summed E-state index contributed by atoms with van der Waals surface area (Å²) in [5.41, 5.74) is 3.78. The van der Waals surface area contributed by atoms with Crippen LogP contribution in [0.5, 0.6) is 0 Å². The van der Waals surface area contributed by atoms with Crippen molar-refractivity contribution in [3.63, 3.8) is 0 Å². The maximum atomic E-state index is 12.9. The molecule has 5 rings (SSSR count). The fourth-order valence-corrected chi connectivity index (χ4v) is 4.61. The molecular formula is C22H24N6O. The summed E-state index contributed by atoms with van der Waals surface area (Å²) in [5, 5.41) is 0. The second-order valence-electron chi connectivity index (χ2n) is 8.89. The number of fused-ring (bicyclic) bond motifs is 2. The summed E-state index contributed by atoms with van der Waals surface area (Å²) in [7, 11) is 0. The Balaban J connectivity index is 1.51. The van der Waals surface area contributed by atoms with Crippen LogP contribution in [-0.4, -0.2) is 37.6 Å². The highest BCUT2D eigenvalue weighted by atomic mass is 16.1. The zero-order valence-corrected chi connectivity index (χ0v) is 16.7. The van der Waals surface area contributed by atoms with Crippen molar-refractivity contribution in [2.45, 2.75) is 33.2 Å². The first-order valence-electron chi connectivity index (χ1n) is 10.0. The van der Waals surface area contributed by atoms with Crippen LogP contribution in [0, 0.1) is 11.3 Å². The van der Waals surface area contributed by atoms with Crippen LogP contribution in [0.1, 0.15) is 25.1 Å². The third kappa shape index (κ3) is 3.41. The van der Waals surface area contributed by atoms with E-state index in [0.29, 0.717) is 23.9 Å². The third-order valence-electron chi connectivity index (χ3n) is 5.77. The Labute approximate surface area is 169 Å². The van der Waals surface area contributed by atoms with Gasteiger partial charge in [-0.25, -0.2) is 15.0 Å². The van der Waals surface area contributed by atoms with Gasteiger partial charge >= 0.3 is 0 Å². The zero-order chi connectivity index (χ0) is 20.0. The lowest BCUT2D eigenvalue weighted by atomic mass is 9.90. The standard InChI is InChI=1S/C22H24N6O/c1-22(2)12-27(11-15-8-16-4-3-6-24-18(16)9-15)21-26-19(10-20(29)28(21)13-22)17-5-7-23-14-25-17/h3-7,10,14-15H,8-9,11-13H2,1-2H3. The molecule has 7 nitrogen and oxygen atoms in total. The summed E-state index contributed by atoms with van der Waals surface area (Å²) in [6, 6.07) is 7.55. The van der Waals surface area contributed by atoms with Crippen LogP contribution in [0.25, 0.3) is 11.4 Å². The molecule has 3 aromatic heterocycles. The summed E-state index contributed by atoms with van der Waals surface area (Å²) in [6.07, 6.45) is 7.02. The Kier molecular flexibility index (Phi) is 4.19. The Morgan fingerprint density at radius 2 is 2.00 bits per heavy atom. The molecule has 1 unspecified atom stereocenters. The molecule has 0 amide bonds. The fraction of sp³-hybridized carbons (Fsp3) is 0.409. The number of aromatic nitrogens is 5. The first-order valence-corrected chi connectivity index (χ1v) is 10.0. The summed E-state index contributed by atoms with van der Waals surface area (Å²) in [6.45, 7) is 6.81. The molecule has 1 aliphatic heterocycles. The van der Waals surface area contributed by atoms with E-state index < -0.39 is 0 Å². The summed E-state index contributed by atoms with van der Waals surface area (Å²) < 4.78 is 1.81. The van der Waals surface area contributed by atoms with Crippen molar-refractivity contribution in [2.75, 3.05) is 18.0 Å². The minimum Gasteiger partial charge on any atom is -0.341 e. The predicted octanol–water partition coefficient (Wildman–Crippen LogP) is 2.36. The van der Waals surface area contributed by atoms with Crippen molar-refractivity contribution in [3.8, 4) is 11.4 Å². The van der Waals surface area contributed by atoms with E-state index in [4.69, 9.17) is 4.98 Å². The SMILES string of the molecule is CC1(C)CN(CC2Cc3cccnc3C2)c2nc(-c3ccncn3)cc(=O)n2C1. The molecule has 4 heterocycles. The Morgan fingerprint density at radius 3 is 2.79 bits per heavy atom. The molecule has 0 bridgehead atoms. The maximum absolute atomic E-state index is 12.9. The van der Waals surface area contributed by atoms with Gasteiger partial charge in [0.2, 0.25) is 5.95 Å². The topological polar surface area (TPSA) is 76.8 Å². The number of hydrogen-bond acceptors (Lipinski definition) is 6. The van der Waals surface area contributed by atoms with Crippen LogP contribution in [0.4, 0.5) is 5.95 Å². The Bertz CT molecular complexity index is 1080. The number of anilines is 1. The highest BCUT2D eigenvalue weighted by Gasteiger charge is 2.34. The molecule has 1 atom stereocenters. The van der Waals surface area contributed by atoms with Gasteiger partial charge in [-0.2, -0.15) is 0 Å². The van der Waals surface area contributed by atoms with Gasteiger partial charge in [0.15, 0.2) is 0 Å². The van der Waals surface area contributed by atoms with E-state index in [1.165, 1.54) is 17.6 Å². The highest BCUT2D eigenvalue weighted by molar-refractivity contribution is 5.55. The second-order valence-corrected chi connectivity index (χ2v) is 8.89. The van der Waals surface area contributed by atoms with Crippen LogP contribution in [-0.2, 0) is 19.4 Å². The minimum absolute atomic E-state index is 0.00134. The van der Waals surface area contributed by atoms with Crippen molar-refractivity contribution in [2.24, 2.45) is 11.3 Å². The molecule has 0 radical (unpaired) electrons. The van der Waals surface area contributed by atoms with Gasteiger partial charge in [0, 0.05) is 49.2 Å². The average Bonchev–Trinajstić information content (AvgIpc) is 3.11. The lowest BCUT2D eigenvalue weighted by molar-refractivity contribution is 0.268. The van der Waals surface area contributed by atoms with Crippen LogP contribution in [0.3, 0.4) is 0 Å². The molecule has 29 heavy (non-hydrogen) atoms. The normalized spacial score (nSPS) is 19.7. The number of rotatable bonds is 3. The van der Waals surface area contributed by atoms with E-state index in [1.54, 1.807) is 18.3 Å². The lowest BCUT2D eigenvalue weighted by Gasteiger charge is -2.41. The summed E-state index contributed by atoms with van der Waals surface area (Å²) in [5.74, 6) is 1.22. The molecule has 0 saturated heterocycles. The van der Waals surface area contributed by atoms with Crippen LogP contribution in [0.2, 0.25) is 0 Å². The Morgan fingerprint density at radius 1 is 1.10 bits per heavy atom. The van der Waals surface area contributed by atoms with E-state index in [9.17, 15) is 4.79 Å². The molecule has 1 aliphatic carbocycles.